The molecule has 0 bridgehead atoms. The van der Waals surface area contributed by atoms with Crippen LogP contribution in [0, 0.1) is 13.8 Å². The molecule has 4 aromatic heterocycles. The van der Waals surface area contributed by atoms with Crippen LogP contribution >= 0.6 is 15.9 Å². The van der Waals surface area contributed by atoms with Crippen molar-refractivity contribution in [1.82, 2.24) is 38.7 Å². The maximum atomic E-state index is 13.5. The molecular weight excluding hydrogens is 812 g/mol. The Balaban J connectivity index is 0.000000559. The molecule has 6 rings (SSSR count). The molecule has 18 nitrogen and oxygen atoms in total. The van der Waals surface area contributed by atoms with Crippen LogP contribution < -0.4 is 26.8 Å². The van der Waals surface area contributed by atoms with E-state index in [1.54, 1.807) is 64.5 Å². The topological polar surface area (TPSA) is 234 Å². The molecule has 6 N–H and O–H groups in total. The first-order valence-corrected chi connectivity index (χ1v) is 19.3. The Morgan fingerprint density at radius 2 is 1.40 bits per heavy atom. The number of ether oxygens (including phenoxy) is 2. The van der Waals surface area contributed by atoms with E-state index >= 15 is 0 Å². The molecule has 4 heterocycles. The van der Waals surface area contributed by atoms with Gasteiger partial charge in [0.25, 0.3) is 5.91 Å². The van der Waals surface area contributed by atoms with E-state index in [4.69, 9.17) is 25.9 Å². The standard InChI is InChI=1S/C32H37BrN10O5.C7H10N2O/c1-5-43-24(13-18(2)40-43)30(46)39-32-38-23-16-20(29(35)45)17-25(48-12-8-11-47-4)27(23)42(32)10-7-6-9-41-26-21(33)14-19(28(34)44)15-22(26)37-31(41)36-3;1-3-9-7(5-10)4-6(2)8-9/h6-7,13-17H,5,8-12H2,1-4H3,(H2,34,44)(H2,35,45)(H,36,37)(H,38,39,46);4-5H,3H2,1-2H3/b7-6+;. The molecule has 0 saturated carbocycles. The lowest BCUT2D eigenvalue weighted by Crippen LogP contribution is -2.20. The fraction of sp³-hybridized carbons (Fsp3) is 0.333. The number of carbonyl (C=O) groups is 4. The fourth-order valence-electron chi connectivity index (χ4n) is 6.28. The molecule has 6 aromatic rings. The molecule has 0 unspecified atom stereocenters. The number of primary amides is 2. The molecule has 0 atom stereocenters. The van der Waals surface area contributed by atoms with Crippen molar-refractivity contribution in [2.24, 2.45) is 11.5 Å². The van der Waals surface area contributed by atoms with E-state index < -0.39 is 11.8 Å². The summed E-state index contributed by atoms with van der Waals surface area (Å²) in [6.45, 7) is 10.3. The summed E-state index contributed by atoms with van der Waals surface area (Å²) in [5.74, 6) is -0.350. The van der Waals surface area contributed by atoms with Gasteiger partial charge in [-0.1, -0.05) is 12.2 Å². The van der Waals surface area contributed by atoms with Crippen molar-refractivity contribution in [3.63, 3.8) is 0 Å². The van der Waals surface area contributed by atoms with Crippen molar-refractivity contribution in [2.75, 3.05) is 38.0 Å². The molecule has 0 saturated heterocycles. The van der Waals surface area contributed by atoms with Gasteiger partial charge in [0.2, 0.25) is 23.7 Å². The van der Waals surface area contributed by atoms with Crippen molar-refractivity contribution in [2.45, 2.75) is 60.3 Å². The minimum Gasteiger partial charge on any atom is -0.491 e. The predicted molar refractivity (Wildman–Crippen MR) is 223 cm³/mol. The number of aldehydes is 1. The maximum absolute atomic E-state index is 13.5. The molecule has 0 radical (unpaired) electrons. The Labute approximate surface area is 342 Å². The zero-order valence-corrected chi connectivity index (χ0v) is 34.8. The van der Waals surface area contributed by atoms with Crippen LogP contribution in [0.4, 0.5) is 11.9 Å². The number of nitrogens with zero attached hydrogens (tertiary/aromatic N) is 8. The van der Waals surface area contributed by atoms with E-state index in [1.807, 2.05) is 44.4 Å². The van der Waals surface area contributed by atoms with Gasteiger partial charge in [-0.25, -0.2) is 9.97 Å². The lowest BCUT2D eigenvalue weighted by molar-refractivity contribution is 0.0991. The van der Waals surface area contributed by atoms with Crippen LogP contribution in [-0.2, 0) is 30.9 Å². The average Bonchev–Trinajstić information content (AvgIpc) is 3.97. The maximum Gasteiger partial charge on any atom is 0.276 e. The Bertz CT molecular complexity index is 2500. The van der Waals surface area contributed by atoms with Gasteiger partial charge in [0.1, 0.15) is 22.7 Å². The number of imidazole rings is 2. The number of carbonyl (C=O) groups excluding carboxylic acids is 4. The molecule has 306 valence electrons. The number of aryl methyl sites for hydroxylation is 4. The highest BCUT2D eigenvalue weighted by Crippen LogP contribution is 2.32. The number of amides is 3. The molecule has 0 aliphatic carbocycles. The first kappa shape index (κ1) is 42.8. The van der Waals surface area contributed by atoms with Gasteiger partial charge in [-0.2, -0.15) is 10.2 Å². The number of nitrogens with one attached hydrogen (secondary N) is 2. The lowest BCUT2D eigenvalue weighted by atomic mass is 10.1. The van der Waals surface area contributed by atoms with Crippen LogP contribution in [0.15, 0.2) is 53.0 Å². The highest BCUT2D eigenvalue weighted by Gasteiger charge is 2.22. The molecule has 2 aromatic carbocycles. The van der Waals surface area contributed by atoms with Crippen LogP contribution in [0.5, 0.6) is 5.75 Å². The van der Waals surface area contributed by atoms with Gasteiger partial charge < -0.3 is 35.4 Å². The molecule has 0 spiro atoms. The second kappa shape index (κ2) is 19.2. The highest BCUT2D eigenvalue weighted by molar-refractivity contribution is 9.10. The summed E-state index contributed by atoms with van der Waals surface area (Å²) in [5, 5.41) is 14.5. The smallest absolute Gasteiger partial charge is 0.276 e. The minimum absolute atomic E-state index is 0.221. The van der Waals surface area contributed by atoms with Crippen LogP contribution in [-0.4, -0.2) is 90.0 Å². The second-order valence-corrected chi connectivity index (χ2v) is 13.8. The largest absolute Gasteiger partial charge is 0.491 e. The molecule has 19 heteroatoms. The molecule has 58 heavy (non-hydrogen) atoms. The number of hydrogen-bond donors (Lipinski definition) is 4. The number of nitrogens with two attached hydrogens (primary N) is 2. The number of benzene rings is 2. The zero-order chi connectivity index (χ0) is 42.1. The summed E-state index contributed by atoms with van der Waals surface area (Å²) < 4.78 is 19.0. The Kier molecular flexibility index (Phi) is 14.2. The number of hydrogen-bond acceptors (Lipinski definition) is 11. The van der Waals surface area contributed by atoms with Crippen LogP contribution in [0.25, 0.3) is 22.1 Å². The number of halogens is 1. The van der Waals surface area contributed by atoms with Crippen molar-refractivity contribution in [3.8, 4) is 5.75 Å². The van der Waals surface area contributed by atoms with E-state index in [-0.39, 0.29) is 24.0 Å². The Morgan fingerprint density at radius 3 is 1.98 bits per heavy atom. The fourth-order valence-corrected chi connectivity index (χ4v) is 6.94. The minimum atomic E-state index is -0.636. The van der Waals surface area contributed by atoms with Gasteiger partial charge in [0, 0.05) is 69.0 Å². The molecule has 0 aliphatic rings. The lowest BCUT2D eigenvalue weighted by Gasteiger charge is -2.13. The molecule has 0 fully saturated rings. The number of anilines is 2. The van der Waals surface area contributed by atoms with Crippen molar-refractivity contribution >= 4 is 73.9 Å². The monoisotopic (exact) mass is 858 g/mol. The molecule has 0 aliphatic heterocycles. The second-order valence-electron chi connectivity index (χ2n) is 13.0. The first-order chi connectivity index (χ1) is 27.8. The number of methoxy groups -OCH3 is 1. The first-order valence-electron chi connectivity index (χ1n) is 18.5. The summed E-state index contributed by atoms with van der Waals surface area (Å²) in [7, 11) is 3.37. The van der Waals surface area contributed by atoms with Crippen molar-refractivity contribution in [3.05, 3.63) is 86.9 Å². The van der Waals surface area contributed by atoms with Gasteiger partial charge in [-0.15, -0.1) is 0 Å². The third-order valence-electron chi connectivity index (χ3n) is 8.90. The quantitative estimate of drug-likeness (QED) is 0.0549. The number of aromatic nitrogens is 8. The SMILES string of the molecule is CCn1nc(C)cc1C(=O)Nc1nc2cc(C(N)=O)cc(OCCCOC)c2n1C/C=C/Cn1c(NC)nc2cc(C(N)=O)cc(Br)c21.CCn1nc(C)cc1C=O. The van der Waals surface area contributed by atoms with Crippen LogP contribution in [0.2, 0.25) is 0 Å². The van der Waals surface area contributed by atoms with E-state index in [0.29, 0.717) is 88.1 Å². The summed E-state index contributed by atoms with van der Waals surface area (Å²) >= 11 is 3.56. The van der Waals surface area contributed by atoms with Gasteiger partial charge in [0.05, 0.1) is 34.5 Å². The average molecular weight is 860 g/mol. The zero-order valence-electron chi connectivity index (χ0n) is 33.2. The Morgan fingerprint density at radius 1 is 0.810 bits per heavy atom. The third-order valence-corrected chi connectivity index (χ3v) is 9.51. The van der Waals surface area contributed by atoms with Gasteiger partial charge in [-0.3, -0.25) is 33.9 Å². The summed E-state index contributed by atoms with van der Waals surface area (Å²) in [4.78, 5) is 57.2. The summed E-state index contributed by atoms with van der Waals surface area (Å²) in [5.41, 5.74) is 16.7. The number of allylic oxidation sites excluding steroid dienone is 2. The van der Waals surface area contributed by atoms with E-state index in [1.165, 1.54) is 0 Å². The van der Waals surface area contributed by atoms with E-state index in [9.17, 15) is 19.2 Å². The van der Waals surface area contributed by atoms with E-state index in [0.717, 1.165) is 24.0 Å². The number of rotatable bonds is 17. The predicted octanol–water partition coefficient (Wildman–Crippen LogP) is 4.86. The van der Waals surface area contributed by atoms with Crippen molar-refractivity contribution < 1.29 is 28.7 Å². The Hall–Kier alpha value is -6.34. The highest BCUT2D eigenvalue weighted by atomic mass is 79.9. The third kappa shape index (κ3) is 9.60. The molecular formula is C39H47BrN12O6. The van der Waals surface area contributed by atoms with Crippen LogP contribution in [0.3, 0.4) is 0 Å². The van der Waals surface area contributed by atoms with Crippen molar-refractivity contribution in [1.29, 1.82) is 0 Å². The van der Waals surface area contributed by atoms with Gasteiger partial charge in [0.15, 0.2) is 6.29 Å². The van der Waals surface area contributed by atoms with Crippen LogP contribution in [0.1, 0.15) is 73.3 Å². The summed E-state index contributed by atoms with van der Waals surface area (Å²) in [6.07, 6.45) is 5.30. The van der Waals surface area contributed by atoms with Gasteiger partial charge in [-0.05, 0) is 80.0 Å². The number of fused-ring (bicyclic) bond motifs is 2. The summed E-state index contributed by atoms with van der Waals surface area (Å²) in [6, 6.07) is 9.95. The normalized spacial score (nSPS) is 11.2. The van der Waals surface area contributed by atoms with E-state index in [2.05, 4.69) is 41.7 Å². The molecule has 3 amide bonds. The van der Waals surface area contributed by atoms with Gasteiger partial charge >= 0.3 is 0 Å².